The predicted octanol–water partition coefficient (Wildman–Crippen LogP) is 9.18. The van der Waals surface area contributed by atoms with Crippen LogP contribution in [-0.2, 0) is 9.59 Å². The summed E-state index contributed by atoms with van der Waals surface area (Å²) >= 11 is 10.3. The summed E-state index contributed by atoms with van der Waals surface area (Å²) < 4.78 is 1.98. The topological polar surface area (TPSA) is 40.6 Å². The van der Waals surface area contributed by atoms with Crippen LogP contribution >= 0.6 is 54.5 Å². The zero-order valence-electron chi connectivity index (χ0n) is 22.1. The van der Waals surface area contributed by atoms with Gasteiger partial charge in [0.05, 0.1) is 39.9 Å². The van der Waals surface area contributed by atoms with Gasteiger partial charge in [0.2, 0.25) is 0 Å². The molecule has 200 valence electrons. The molecule has 37 heavy (non-hydrogen) atoms. The van der Waals surface area contributed by atoms with Crippen LogP contribution in [0.2, 0.25) is 0 Å². The van der Waals surface area contributed by atoms with E-state index in [4.69, 9.17) is 0 Å². The maximum absolute atomic E-state index is 14.2. The molecule has 2 aliphatic heterocycles. The van der Waals surface area contributed by atoms with Crippen LogP contribution in [0.25, 0.3) is 11.4 Å². The Balaban J connectivity index is 1.70. The number of hydrogen-bond donors (Lipinski definition) is 0. The molecule has 2 amide bonds. The minimum atomic E-state index is -0.0535. The molecule has 0 aliphatic carbocycles. The quantitative estimate of drug-likeness (QED) is 0.200. The molecule has 8 heteroatoms. The van der Waals surface area contributed by atoms with E-state index < -0.39 is 0 Å². The van der Waals surface area contributed by atoms with Gasteiger partial charge in [-0.2, -0.15) is 0 Å². The number of amides is 2. The first-order valence-corrected chi connectivity index (χ1v) is 16.6. The number of hydrogen-bond acceptors (Lipinski definition) is 4. The molecule has 0 N–H and O–H groups in total. The molecule has 0 spiro atoms. The molecule has 0 radical (unpaired) electrons. The van der Waals surface area contributed by atoms with Crippen molar-refractivity contribution < 1.29 is 9.59 Å². The summed E-state index contributed by atoms with van der Waals surface area (Å²) in [6.07, 6.45) is 8.68. The predicted molar refractivity (Wildman–Crippen MR) is 163 cm³/mol. The van der Waals surface area contributed by atoms with Crippen molar-refractivity contribution in [3.8, 4) is 0 Å². The molecule has 2 aromatic rings. The number of carbonyl (C=O) groups excluding carboxylic acids is 2. The van der Waals surface area contributed by atoms with Gasteiger partial charge in [-0.25, -0.2) is 0 Å². The van der Waals surface area contributed by atoms with Crippen LogP contribution in [-0.4, -0.2) is 34.7 Å². The Morgan fingerprint density at radius 2 is 1.22 bits per heavy atom. The Bertz CT molecular complexity index is 1210. The highest BCUT2D eigenvalue weighted by molar-refractivity contribution is 9.11. The summed E-state index contributed by atoms with van der Waals surface area (Å²) in [6, 6.07) is 8.03. The van der Waals surface area contributed by atoms with Gasteiger partial charge < -0.3 is 9.80 Å². The average Bonchev–Trinajstić information content (AvgIpc) is 3.59. The number of carbonyl (C=O) groups is 2. The van der Waals surface area contributed by atoms with Gasteiger partial charge in [0.25, 0.3) is 11.8 Å². The number of nitrogens with zero attached hydrogens (tertiary/aromatic N) is 2. The molecule has 0 saturated carbocycles. The molecule has 1 unspecified atom stereocenters. The van der Waals surface area contributed by atoms with Crippen molar-refractivity contribution in [1.82, 2.24) is 9.80 Å². The van der Waals surface area contributed by atoms with Crippen molar-refractivity contribution in [2.75, 3.05) is 13.1 Å². The third-order valence-corrected chi connectivity index (χ3v) is 10.1. The summed E-state index contributed by atoms with van der Waals surface area (Å²) in [7, 11) is 0. The van der Waals surface area contributed by atoms with Crippen LogP contribution in [0.4, 0.5) is 0 Å². The molecule has 0 aromatic carbocycles. The van der Waals surface area contributed by atoms with E-state index in [1.165, 1.54) is 38.5 Å². The average molecular weight is 669 g/mol. The maximum atomic E-state index is 14.2. The summed E-state index contributed by atoms with van der Waals surface area (Å²) in [6.45, 7) is 9.91. The number of fused-ring (bicyclic) bond motifs is 1. The number of rotatable bonds is 13. The lowest BCUT2D eigenvalue weighted by molar-refractivity contribution is -0.124. The lowest BCUT2D eigenvalue weighted by atomic mass is 10.0. The first-order valence-electron chi connectivity index (χ1n) is 13.4. The highest BCUT2D eigenvalue weighted by Crippen LogP contribution is 2.49. The van der Waals surface area contributed by atoms with Crippen LogP contribution in [0.15, 0.2) is 43.0 Å². The zero-order chi connectivity index (χ0) is 26.7. The number of halogens is 2. The fourth-order valence-corrected chi connectivity index (χ4v) is 8.07. The van der Waals surface area contributed by atoms with E-state index in [9.17, 15) is 9.59 Å². The van der Waals surface area contributed by atoms with Gasteiger partial charge in [0.15, 0.2) is 0 Å². The van der Waals surface area contributed by atoms with Crippen LogP contribution in [0, 0.1) is 11.8 Å². The Morgan fingerprint density at radius 1 is 0.730 bits per heavy atom. The van der Waals surface area contributed by atoms with Gasteiger partial charge in [0.1, 0.15) is 0 Å². The molecule has 2 aliphatic rings. The fraction of sp³-hybridized carbons (Fsp3) is 0.517. The number of unbranched alkanes of at least 4 members (excludes halogenated alkanes) is 5. The second-order valence-corrected chi connectivity index (χ2v) is 15.5. The summed E-state index contributed by atoms with van der Waals surface area (Å²) in [5.41, 5.74) is 2.71. The summed E-state index contributed by atoms with van der Waals surface area (Å²) in [5, 5.41) is 0. The summed E-state index contributed by atoms with van der Waals surface area (Å²) in [5.74, 6) is 0.547. The first kappa shape index (κ1) is 28.8. The molecule has 1 atom stereocenters. The van der Waals surface area contributed by atoms with Gasteiger partial charge >= 0.3 is 0 Å². The van der Waals surface area contributed by atoms with Gasteiger partial charge in [-0.1, -0.05) is 66.2 Å². The molecule has 4 heterocycles. The molecule has 0 saturated heterocycles. The van der Waals surface area contributed by atoms with Gasteiger partial charge in [0, 0.05) is 13.1 Å². The first-order chi connectivity index (χ1) is 17.7. The van der Waals surface area contributed by atoms with Gasteiger partial charge in [-0.3, -0.25) is 9.59 Å². The van der Waals surface area contributed by atoms with Crippen LogP contribution in [0.1, 0.15) is 82.4 Å². The van der Waals surface area contributed by atoms with Crippen molar-refractivity contribution in [3.05, 3.63) is 52.7 Å². The van der Waals surface area contributed by atoms with E-state index >= 15 is 0 Å². The second-order valence-electron chi connectivity index (χ2n) is 10.5. The highest BCUT2D eigenvalue weighted by atomic mass is 79.9. The van der Waals surface area contributed by atoms with Gasteiger partial charge in [-0.15, -0.1) is 22.7 Å². The third-order valence-electron chi connectivity index (χ3n) is 6.89. The maximum Gasteiger partial charge on any atom is 0.261 e. The zero-order valence-corrected chi connectivity index (χ0v) is 26.9. The largest absolute Gasteiger partial charge is 0.306 e. The van der Waals surface area contributed by atoms with E-state index in [1.807, 2.05) is 34.1 Å². The van der Waals surface area contributed by atoms with E-state index in [0.29, 0.717) is 30.2 Å². The Hall–Kier alpha value is -1.22. The Kier molecular flexibility index (Phi) is 9.92. The van der Waals surface area contributed by atoms with Crippen molar-refractivity contribution >= 4 is 77.7 Å². The van der Waals surface area contributed by atoms with E-state index in [1.54, 1.807) is 22.7 Å². The van der Waals surface area contributed by atoms with E-state index in [-0.39, 0.29) is 17.7 Å². The molecule has 0 bridgehead atoms. The number of thiophene rings is 2. The molecule has 2 aromatic heterocycles. The van der Waals surface area contributed by atoms with Crippen molar-refractivity contribution in [1.29, 1.82) is 0 Å². The van der Waals surface area contributed by atoms with Crippen LogP contribution in [0.5, 0.6) is 0 Å². The molecule has 4 rings (SSSR count). The Morgan fingerprint density at radius 3 is 1.68 bits per heavy atom. The van der Waals surface area contributed by atoms with E-state index in [0.717, 1.165) is 35.1 Å². The van der Waals surface area contributed by atoms with Crippen molar-refractivity contribution in [3.63, 3.8) is 0 Å². The van der Waals surface area contributed by atoms with Crippen LogP contribution < -0.4 is 0 Å². The Labute approximate surface area is 246 Å². The smallest absolute Gasteiger partial charge is 0.261 e. The fourth-order valence-electron chi connectivity index (χ4n) is 5.18. The second kappa shape index (κ2) is 12.8. The standard InChI is InChI=1S/C29H36Br2N2O2S2/c1-5-6-7-8-9-10-11-19(4)17-33-27(21-13-15-23(31)37-21)25-24(29(33)35)26(20-12-14-22(30)36-20)32(28(25)34)16-18(2)3/h12-15,18-19H,5-11,16-17H2,1-4H3. The SMILES string of the molecule is CCCCCCCCC(C)CN1C(=O)C2=C(c3ccc(Br)s3)N(CC(C)C)C(=O)C2=C1c1ccc(Br)s1. The monoisotopic (exact) mass is 666 g/mol. The van der Waals surface area contributed by atoms with Crippen molar-refractivity contribution in [2.24, 2.45) is 11.8 Å². The molecule has 0 fully saturated rings. The lowest BCUT2D eigenvalue weighted by Crippen LogP contribution is -2.33. The minimum absolute atomic E-state index is 0.0385. The van der Waals surface area contributed by atoms with Crippen LogP contribution in [0.3, 0.4) is 0 Å². The van der Waals surface area contributed by atoms with Crippen molar-refractivity contribution in [2.45, 2.75) is 72.6 Å². The minimum Gasteiger partial charge on any atom is -0.306 e. The highest BCUT2D eigenvalue weighted by Gasteiger charge is 2.49. The third kappa shape index (κ3) is 6.34. The molecule has 4 nitrogen and oxygen atoms in total. The van der Waals surface area contributed by atoms with E-state index in [2.05, 4.69) is 59.6 Å². The molecular weight excluding hydrogens is 632 g/mol. The lowest BCUT2D eigenvalue weighted by Gasteiger charge is -2.27. The normalized spacial score (nSPS) is 16.7. The summed E-state index contributed by atoms with van der Waals surface area (Å²) in [4.78, 5) is 33.8. The molecular formula is C29H36Br2N2O2S2. The van der Waals surface area contributed by atoms with Gasteiger partial charge in [-0.05, 0) is 74.4 Å².